The number of nitrogens with zero attached hydrogens (tertiary/aromatic N) is 1. The number of aromatic carboxylic acids is 1. The zero-order chi connectivity index (χ0) is 38.9. The van der Waals surface area contributed by atoms with Crippen LogP contribution in [-0.2, 0) is 5.41 Å². The number of hydrogen-bond donors (Lipinski definition) is 2. The van der Waals surface area contributed by atoms with Crippen molar-refractivity contribution in [2.24, 2.45) is 5.73 Å². The van der Waals surface area contributed by atoms with E-state index in [2.05, 4.69) is 92.4 Å². The Balaban J connectivity index is 1.08. The highest BCUT2D eigenvalue weighted by Crippen LogP contribution is 2.56. The summed E-state index contributed by atoms with van der Waals surface area (Å²) in [6.07, 6.45) is 11.7. The maximum Gasteiger partial charge on any atom is 0.335 e. The van der Waals surface area contributed by atoms with E-state index in [-0.39, 0.29) is 39.5 Å². The van der Waals surface area contributed by atoms with Crippen LogP contribution >= 0.6 is 11.3 Å². The van der Waals surface area contributed by atoms with Crippen LogP contribution in [0.5, 0.6) is 0 Å². The molecule has 4 aliphatic rings. The zero-order valence-electron chi connectivity index (χ0n) is 32.4. The third kappa shape index (κ3) is 5.90. The predicted molar refractivity (Wildman–Crippen MR) is 227 cm³/mol. The highest BCUT2D eigenvalue weighted by Gasteiger charge is 2.43. The maximum atomic E-state index is 13.6. The molecule has 1 aliphatic heterocycles. The highest BCUT2D eigenvalue weighted by molar-refractivity contribution is 7.16. The number of carboxylic acid groups (broad SMARTS) is 1. The second-order valence-corrected chi connectivity index (χ2v) is 17.8. The number of nitrogens with two attached hydrogens (primary N) is 1. The Morgan fingerprint density at radius 2 is 1.66 bits per heavy atom. The van der Waals surface area contributed by atoms with Gasteiger partial charge in [-0.3, -0.25) is 9.59 Å². The van der Waals surface area contributed by atoms with Gasteiger partial charge in [0.05, 0.1) is 11.1 Å². The van der Waals surface area contributed by atoms with Gasteiger partial charge in [-0.15, -0.1) is 11.3 Å². The topological polar surface area (TPSA) is 101 Å². The lowest BCUT2D eigenvalue weighted by Crippen LogP contribution is -2.26. The number of fused-ring (bicyclic) bond motifs is 7. The number of ketones is 2. The predicted octanol–water partition coefficient (Wildman–Crippen LogP) is 12.0. The van der Waals surface area contributed by atoms with E-state index in [4.69, 9.17) is 5.73 Å². The van der Waals surface area contributed by atoms with E-state index in [0.29, 0.717) is 12.0 Å². The number of hydrogen-bond acceptors (Lipinski definition) is 6. The van der Waals surface area contributed by atoms with Crippen molar-refractivity contribution in [3.05, 3.63) is 134 Å². The summed E-state index contributed by atoms with van der Waals surface area (Å²) in [5.41, 5.74) is 18.8. The normalized spacial score (nSPS) is 19.9. The van der Waals surface area contributed by atoms with Gasteiger partial charge in [-0.2, -0.15) is 0 Å². The first kappa shape index (κ1) is 36.5. The van der Waals surface area contributed by atoms with Gasteiger partial charge in [-0.25, -0.2) is 4.79 Å². The lowest BCUT2D eigenvalue weighted by atomic mass is 9.82. The third-order valence-electron chi connectivity index (χ3n) is 13.0. The standard InChI is InChI=1S/C49H48N2O4S/c1-4-5-6-7-8-15-41(50)37-26-44(56-45(37)27-38-46(52)33-20-17-29(48(54)55)24-36(33)47(38)53)28-18-22-43-35(23-28)32-13-11-16-42(32)51(43)30-19-21-40-34(25-30)31-12-9-10-14-39(31)49(40,2)3/h9-10,12,14,17-27,32,41-42H,4-8,11,13,15-16,50H2,1-3H3,(H,54,55)/b38-27+. The second kappa shape index (κ2) is 14.1. The van der Waals surface area contributed by atoms with Crippen LogP contribution in [0.4, 0.5) is 11.4 Å². The van der Waals surface area contributed by atoms with Crippen molar-refractivity contribution in [1.29, 1.82) is 0 Å². The zero-order valence-corrected chi connectivity index (χ0v) is 33.2. The van der Waals surface area contributed by atoms with Crippen LogP contribution in [0, 0.1) is 0 Å². The Labute approximate surface area is 333 Å². The average molecular weight is 761 g/mol. The van der Waals surface area contributed by atoms with Gasteiger partial charge < -0.3 is 15.7 Å². The van der Waals surface area contributed by atoms with Gasteiger partial charge in [0.15, 0.2) is 11.6 Å². The Kier molecular flexibility index (Phi) is 9.21. The molecule has 3 aliphatic carbocycles. The third-order valence-corrected chi connectivity index (χ3v) is 14.1. The smallest absolute Gasteiger partial charge is 0.335 e. The molecule has 3 atom stereocenters. The fourth-order valence-electron chi connectivity index (χ4n) is 10.0. The van der Waals surface area contributed by atoms with Gasteiger partial charge in [0.1, 0.15) is 0 Å². The van der Waals surface area contributed by atoms with Crippen molar-refractivity contribution in [1.82, 2.24) is 0 Å². The molecule has 56 heavy (non-hydrogen) atoms. The van der Waals surface area contributed by atoms with Crippen molar-refractivity contribution in [3.63, 3.8) is 0 Å². The number of Topliss-reactive ketones (excluding diaryl/α,β-unsaturated/α-hetero) is 2. The number of anilines is 2. The quantitative estimate of drug-likeness (QED) is 0.0790. The molecule has 0 saturated heterocycles. The van der Waals surface area contributed by atoms with Crippen molar-refractivity contribution < 1.29 is 19.5 Å². The van der Waals surface area contributed by atoms with Gasteiger partial charge in [0.25, 0.3) is 0 Å². The summed E-state index contributed by atoms with van der Waals surface area (Å²) < 4.78 is 0. The van der Waals surface area contributed by atoms with E-state index in [0.717, 1.165) is 53.0 Å². The van der Waals surface area contributed by atoms with E-state index in [1.807, 2.05) is 0 Å². The summed E-state index contributed by atoms with van der Waals surface area (Å²) in [7, 11) is 0. The molecule has 6 nitrogen and oxygen atoms in total. The second-order valence-electron chi connectivity index (χ2n) is 16.7. The van der Waals surface area contributed by atoms with Gasteiger partial charge in [-0.1, -0.05) is 95.7 Å². The molecule has 1 saturated carbocycles. The number of carboxylic acids is 1. The molecule has 3 unspecified atom stereocenters. The molecule has 4 aromatic carbocycles. The summed E-state index contributed by atoms with van der Waals surface area (Å²) in [4.78, 5) is 43.4. The van der Waals surface area contributed by atoms with Crippen LogP contribution in [0.2, 0.25) is 0 Å². The molecule has 1 aromatic heterocycles. The number of thiophene rings is 1. The summed E-state index contributed by atoms with van der Waals surface area (Å²) >= 11 is 1.57. The molecule has 1 fully saturated rings. The van der Waals surface area contributed by atoms with Crippen molar-refractivity contribution in [2.75, 3.05) is 4.90 Å². The molecule has 5 aromatic rings. The summed E-state index contributed by atoms with van der Waals surface area (Å²) in [6.45, 7) is 6.87. The van der Waals surface area contributed by atoms with Crippen LogP contribution in [0.15, 0.2) is 90.5 Å². The Morgan fingerprint density at radius 1 is 0.875 bits per heavy atom. The lowest BCUT2D eigenvalue weighted by Gasteiger charge is -2.28. The molecule has 0 spiro atoms. The summed E-state index contributed by atoms with van der Waals surface area (Å²) in [5.74, 6) is -1.51. The molecular weight excluding hydrogens is 713 g/mol. The molecular formula is C49H48N2O4S. The minimum absolute atomic E-state index is 0.0134. The average Bonchev–Trinajstić information content (AvgIpc) is 4.00. The first-order valence-corrected chi connectivity index (χ1v) is 21.1. The van der Waals surface area contributed by atoms with E-state index < -0.39 is 11.8 Å². The fraction of sp³-hybridized carbons (Fsp3) is 0.327. The van der Waals surface area contributed by atoms with E-state index in [1.165, 1.54) is 83.1 Å². The monoisotopic (exact) mass is 760 g/mol. The van der Waals surface area contributed by atoms with Gasteiger partial charge in [-0.05, 0) is 113 Å². The molecule has 9 rings (SSSR count). The molecule has 2 heterocycles. The minimum atomic E-state index is -1.14. The highest BCUT2D eigenvalue weighted by atomic mass is 32.1. The van der Waals surface area contributed by atoms with Crippen molar-refractivity contribution in [3.8, 4) is 21.6 Å². The Morgan fingerprint density at radius 3 is 2.48 bits per heavy atom. The molecule has 284 valence electrons. The first-order valence-electron chi connectivity index (χ1n) is 20.3. The van der Waals surface area contributed by atoms with Crippen LogP contribution in [0.3, 0.4) is 0 Å². The van der Waals surface area contributed by atoms with Crippen LogP contribution in [0.25, 0.3) is 27.6 Å². The Hall–Kier alpha value is -5.11. The number of unbranched alkanes of at least 4 members (excludes halogenated alkanes) is 4. The number of carbonyl (C=O) groups excluding carboxylic acids is 2. The summed E-state index contributed by atoms with van der Waals surface area (Å²) in [5, 5.41) is 9.53. The first-order chi connectivity index (χ1) is 27.1. The van der Waals surface area contributed by atoms with Gasteiger partial charge in [0.2, 0.25) is 0 Å². The van der Waals surface area contributed by atoms with E-state index in [9.17, 15) is 19.5 Å². The van der Waals surface area contributed by atoms with Crippen LogP contribution < -0.4 is 10.6 Å². The van der Waals surface area contributed by atoms with Crippen LogP contribution in [0.1, 0.15) is 149 Å². The molecule has 0 amide bonds. The van der Waals surface area contributed by atoms with Crippen LogP contribution in [-0.4, -0.2) is 28.7 Å². The number of carbonyl (C=O) groups is 3. The van der Waals surface area contributed by atoms with Crippen molar-refractivity contribution in [2.45, 2.75) is 102 Å². The number of rotatable bonds is 11. The Bertz CT molecular complexity index is 2470. The minimum Gasteiger partial charge on any atom is -0.478 e. The molecule has 0 radical (unpaired) electrons. The fourth-order valence-corrected chi connectivity index (χ4v) is 11.2. The largest absolute Gasteiger partial charge is 0.478 e. The number of benzene rings is 4. The van der Waals surface area contributed by atoms with E-state index >= 15 is 0 Å². The molecule has 7 heteroatoms. The maximum absolute atomic E-state index is 13.6. The van der Waals surface area contributed by atoms with Crippen molar-refractivity contribution >= 4 is 46.3 Å². The van der Waals surface area contributed by atoms with E-state index in [1.54, 1.807) is 17.4 Å². The summed E-state index contributed by atoms with van der Waals surface area (Å²) in [6, 6.07) is 29.3. The number of allylic oxidation sites excluding steroid dienone is 1. The van der Waals surface area contributed by atoms with Gasteiger partial charge in [0, 0.05) is 55.7 Å². The molecule has 0 bridgehead atoms. The molecule has 3 N–H and O–H groups in total. The lowest BCUT2D eigenvalue weighted by molar-refractivity contribution is 0.0696. The SMILES string of the molecule is CCCCCCCC(N)c1cc(-c2ccc3c(c2)C2CCCC2N3c2ccc3c(c2)-c2ccccc2C3(C)C)sc1/C=C1\C(=O)c2ccc(C(=O)O)cc2C1=O. The van der Waals surface area contributed by atoms with Gasteiger partial charge >= 0.3 is 5.97 Å².